The number of hydrogen-bond acceptors (Lipinski definition) is 3. The highest BCUT2D eigenvalue weighted by atomic mass is 16.3. The maximum atomic E-state index is 12.3. The second kappa shape index (κ2) is 6.58. The fourth-order valence-electron chi connectivity index (χ4n) is 2.95. The van der Waals surface area contributed by atoms with Gasteiger partial charge >= 0.3 is 0 Å². The molecule has 2 rings (SSSR count). The van der Waals surface area contributed by atoms with Gasteiger partial charge in [-0.2, -0.15) is 0 Å². The predicted molar refractivity (Wildman–Crippen MR) is 85.2 cm³/mol. The fourth-order valence-corrected chi connectivity index (χ4v) is 2.95. The van der Waals surface area contributed by atoms with Crippen LogP contribution in [0.1, 0.15) is 50.8 Å². The lowest BCUT2D eigenvalue weighted by Crippen LogP contribution is -2.38. The molecule has 0 aromatic heterocycles. The van der Waals surface area contributed by atoms with E-state index in [4.69, 9.17) is 5.73 Å². The van der Waals surface area contributed by atoms with E-state index in [-0.39, 0.29) is 17.9 Å². The highest BCUT2D eigenvalue weighted by molar-refractivity contribution is 5.97. The molecule has 4 heteroatoms. The summed E-state index contributed by atoms with van der Waals surface area (Å²) in [4.78, 5) is 14.2. The Bertz CT molecular complexity index is 514. The van der Waals surface area contributed by atoms with E-state index >= 15 is 0 Å². The molecule has 1 aliphatic rings. The Labute approximate surface area is 126 Å². The van der Waals surface area contributed by atoms with E-state index < -0.39 is 6.10 Å². The van der Waals surface area contributed by atoms with Crippen LogP contribution in [0.2, 0.25) is 0 Å². The fraction of sp³-hybridized carbons (Fsp3) is 0.588. The van der Waals surface area contributed by atoms with E-state index in [0.29, 0.717) is 13.0 Å². The number of rotatable bonds is 5. The van der Waals surface area contributed by atoms with Crippen molar-refractivity contribution in [2.24, 2.45) is 11.7 Å². The summed E-state index contributed by atoms with van der Waals surface area (Å²) in [6.45, 7) is 6.52. The molecule has 21 heavy (non-hydrogen) atoms. The SMILES string of the molecule is CC(C)C(=O)N1c2ccc(C(O)CCCN)cc2CC1C. The van der Waals surface area contributed by atoms with Gasteiger partial charge in [0, 0.05) is 17.6 Å². The molecule has 1 aromatic rings. The maximum absolute atomic E-state index is 12.3. The molecular weight excluding hydrogens is 264 g/mol. The van der Waals surface area contributed by atoms with Gasteiger partial charge in [0.05, 0.1) is 6.10 Å². The zero-order valence-corrected chi connectivity index (χ0v) is 13.2. The van der Waals surface area contributed by atoms with Gasteiger partial charge in [-0.05, 0) is 49.9 Å². The Morgan fingerprint density at radius 3 is 2.81 bits per heavy atom. The van der Waals surface area contributed by atoms with Crippen molar-refractivity contribution in [1.82, 2.24) is 0 Å². The van der Waals surface area contributed by atoms with Crippen LogP contribution in [0.15, 0.2) is 18.2 Å². The summed E-state index contributed by atoms with van der Waals surface area (Å²) < 4.78 is 0. The number of anilines is 1. The van der Waals surface area contributed by atoms with E-state index in [2.05, 4.69) is 6.92 Å². The van der Waals surface area contributed by atoms with Crippen molar-refractivity contribution in [3.8, 4) is 0 Å². The zero-order valence-electron chi connectivity index (χ0n) is 13.2. The number of nitrogens with two attached hydrogens (primary N) is 1. The van der Waals surface area contributed by atoms with Crippen molar-refractivity contribution in [2.45, 2.75) is 52.2 Å². The lowest BCUT2D eigenvalue weighted by atomic mass is 10.0. The Balaban J connectivity index is 2.23. The number of aliphatic hydroxyl groups is 1. The maximum Gasteiger partial charge on any atom is 0.229 e. The molecule has 1 aliphatic heterocycles. The monoisotopic (exact) mass is 290 g/mol. The van der Waals surface area contributed by atoms with Crippen LogP contribution in [0.25, 0.3) is 0 Å². The minimum atomic E-state index is -0.469. The van der Waals surface area contributed by atoms with E-state index in [1.165, 1.54) is 0 Å². The van der Waals surface area contributed by atoms with Gasteiger partial charge in [0.25, 0.3) is 0 Å². The van der Waals surface area contributed by atoms with Gasteiger partial charge in [0.15, 0.2) is 0 Å². The Hall–Kier alpha value is -1.39. The predicted octanol–water partition coefficient (Wildman–Crippen LogP) is 2.39. The van der Waals surface area contributed by atoms with Crippen molar-refractivity contribution >= 4 is 11.6 Å². The summed E-state index contributed by atoms with van der Waals surface area (Å²) in [6.07, 6.45) is 1.88. The Kier molecular flexibility index (Phi) is 5.01. The van der Waals surface area contributed by atoms with Gasteiger partial charge < -0.3 is 15.7 Å². The van der Waals surface area contributed by atoms with Crippen molar-refractivity contribution in [3.63, 3.8) is 0 Å². The molecule has 0 bridgehead atoms. The van der Waals surface area contributed by atoms with E-state index in [1.54, 1.807) is 0 Å². The minimum Gasteiger partial charge on any atom is -0.388 e. The molecule has 0 aliphatic carbocycles. The van der Waals surface area contributed by atoms with Crippen molar-refractivity contribution < 1.29 is 9.90 Å². The lowest BCUT2D eigenvalue weighted by molar-refractivity contribution is -0.121. The average Bonchev–Trinajstić information content (AvgIpc) is 2.78. The smallest absolute Gasteiger partial charge is 0.229 e. The second-order valence-electron chi connectivity index (χ2n) is 6.25. The molecule has 0 saturated heterocycles. The van der Waals surface area contributed by atoms with Gasteiger partial charge in [-0.1, -0.05) is 26.0 Å². The van der Waals surface area contributed by atoms with Crippen LogP contribution in [0.5, 0.6) is 0 Å². The summed E-state index contributed by atoms with van der Waals surface area (Å²) in [5.74, 6) is 0.158. The van der Waals surface area contributed by atoms with Gasteiger partial charge in [0.1, 0.15) is 0 Å². The first-order chi connectivity index (χ1) is 9.95. The first kappa shape index (κ1) is 16.0. The number of benzene rings is 1. The molecule has 4 nitrogen and oxygen atoms in total. The summed E-state index contributed by atoms with van der Waals surface area (Å²) >= 11 is 0. The van der Waals surface area contributed by atoms with Crippen molar-refractivity contribution in [1.29, 1.82) is 0 Å². The third-order valence-corrected chi connectivity index (χ3v) is 4.12. The van der Waals surface area contributed by atoms with Crippen molar-refractivity contribution in [3.05, 3.63) is 29.3 Å². The van der Waals surface area contributed by atoms with Crippen LogP contribution in [-0.4, -0.2) is 23.6 Å². The normalized spacial score (nSPS) is 19.0. The van der Waals surface area contributed by atoms with Crippen LogP contribution in [0.4, 0.5) is 5.69 Å². The first-order valence-corrected chi connectivity index (χ1v) is 7.79. The van der Waals surface area contributed by atoms with E-state index in [0.717, 1.165) is 29.7 Å². The highest BCUT2D eigenvalue weighted by Crippen LogP contribution is 2.35. The third kappa shape index (κ3) is 3.27. The third-order valence-electron chi connectivity index (χ3n) is 4.12. The average molecular weight is 290 g/mol. The lowest BCUT2D eigenvalue weighted by Gasteiger charge is -2.24. The quantitative estimate of drug-likeness (QED) is 0.875. The molecule has 2 unspecified atom stereocenters. The summed E-state index contributed by atoms with van der Waals surface area (Å²) in [7, 11) is 0. The molecule has 1 amide bonds. The largest absolute Gasteiger partial charge is 0.388 e. The highest BCUT2D eigenvalue weighted by Gasteiger charge is 2.32. The van der Waals surface area contributed by atoms with Gasteiger partial charge in [-0.15, -0.1) is 0 Å². The molecule has 1 heterocycles. The Morgan fingerprint density at radius 2 is 2.19 bits per heavy atom. The number of carbonyl (C=O) groups is 1. The summed E-state index contributed by atoms with van der Waals surface area (Å²) in [6, 6.07) is 6.13. The molecule has 116 valence electrons. The van der Waals surface area contributed by atoms with Crippen molar-refractivity contribution in [2.75, 3.05) is 11.4 Å². The molecule has 0 fully saturated rings. The van der Waals surface area contributed by atoms with Crippen LogP contribution >= 0.6 is 0 Å². The Morgan fingerprint density at radius 1 is 1.48 bits per heavy atom. The number of aliphatic hydroxyl groups excluding tert-OH is 1. The zero-order chi connectivity index (χ0) is 15.6. The molecule has 1 aromatic carbocycles. The number of carbonyl (C=O) groups excluding carboxylic acids is 1. The summed E-state index contributed by atoms with van der Waals surface area (Å²) in [5, 5.41) is 10.2. The van der Waals surface area contributed by atoms with Gasteiger partial charge in [-0.25, -0.2) is 0 Å². The second-order valence-corrected chi connectivity index (χ2v) is 6.25. The topological polar surface area (TPSA) is 66.6 Å². The van der Waals surface area contributed by atoms with Crippen LogP contribution in [0.3, 0.4) is 0 Å². The number of nitrogens with zero attached hydrogens (tertiary/aromatic N) is 1. The molecule has 0 radical (unpaired) electrons. The summed E-state index contributed by atoms with van der Waals surface area (Å²) in [5.41, 5.74) is 8.56. The van der Waals surface area contributed by atoms with Crippen LogP contribution in [0, 0.1) is 5.92 Å². The van der Waals surface area contributed by atoms with E-state index in [9.17, 15) is 9.90 Å². The van der Waals surface area contributed by atoms with E-state index in [1.807, 2.05) is 36.9 Å². The van der Waals surface area contributed by atoms with Gasteiger partial charge in [0.2, 0.25) is 5.91 Å². The molecular formula is C17H26N2O2. The number of hydrogen-bond donors (Lipinski definition) is 2. The number of amides is 1. The molecule has 3 N–H and O–H groups in total. The first-order valence-electron chi connectivity index (χ1n) is 7.79. The number of fused-ring (bicyclic) bond motifs is 1. The van der Waals surface area contributed by atoms with Gasteiger partial charge in [-0.3, -0.25) is 4.79 Å². The molecule has 0 spiro atoms. The van der Waals surface area contributed by atoms with Crippen LogP contribution < -0.4 is 10.6 Å². The molecule has 0 saturated carbocycles. The molecule has 2 atom stereocenters. The minimum absolute atomic E-state index is 0.00628. The van der Waals surface area contributed by atoms with Crippen LogP contribution in [-0.2, 0) is 11.2 Å². The standard InChI is InChI=1S/C17H26N2O2/c1-11(2)17(21)19-12(3)9-14-10-13(6-7-15(14)19)16(20)5-4-8-18/h6-7,10-12,16,20H,4-5,8-9,18H2,1-3H3.